The molecule has 0 radical (unpaired) electrons. The summed E-state index contributed by atoms with van der Waals surface area (Å²) in [5.74, 6) is 0.560. The Morgan fingerprint density at radius 3 is 1.90 bits per heavy atom. The van der Waals surface area contributed by atoms with Crippen LogP contribution in [0, 0.1) is 5.92 Å². The van der Waals surface area contributed by atoms with Crippen LogP contribution in [0.5, 0.6) is 0 Å². The molecule has 0 bridgehead atoms. The van der Waals surface area contributed by atoms with Crippen molar-refractivity contribution < 1.29 is 0 Å². The van der Waals surface area contributed by atoms with E-state index in [0.717, 1.165) is 12.8 Å². The standard InChI is InChI=1S/C27H36N2/c1-2-3-4-5-6-13-18-27(29-20-19-28-23-29)26(21-24-14-9-7-10-15-24)22-25-16-11-8-12-17-25/h7-12,14-17,19-20,23,26-27H,2-6,13,18,21-22H2,1H3. The predicted molar refractivity (Wildman–Crippen MR) is 123 cm³/mol. The molecular formula is C27H36N2. The van der Waals surface area contributed by atoms with Gasteiger partial charge in [-0.15, -0.1) is 0 Å². The lowest BCUT2D eigenvalue weighted by Crippen LogP contribution is -2.23. The van der Waals surface area contributed by atoms with Gasteiger partial charge in [0.25, 0.3) is 0 Å². The third-order valence-electron chi connectivity index (χ3n) is 5.99. The molecule has 29 heavy (non-hydrogen) atoms. The van der Waals surface area contributed by atoms with E-state index in [2.05, 4.69) is 83.3 Å². The van der Waals surface area contributed by atoms with Gasteiger partial charge in [0.05, 0.1) is 6.33 Å². The van der Waals surface area contributed by atoms with Gasteiger partial charge >= 0.3 is 0 Å². The smallest absolute Gasteiger partial charge is 0.0948 e. The molecule has 0 N–H and O–H groups in total. The Kier molecular flexibility index (Phi) is 9.03. The first-order valence-corrected chi connectivity index (χ1v) is 11.4. The Balaban J connectivity index is 1.73. The number of aromatic nitrogens is 2. The number of hydrogen-bond donors (Lipinski definition) is 0. The van der Waals surface area contributed by atoms with E-state index >= 15 is 0 Å². The first kappa shape index (κ1) is 21.4. The highest BCUT2D eigenvalue weighted by Crippen LogP contribution is 2.31. The van der Waals surface area contributed by atoms with Crippen LogP contribution in [0.4, 0.5) is 0 Å². The molecule has 0 aliphatic rings. The van der Waals surface area contributed by atoms with Crippen LogP contribution in [0.25, 0.3) is 0 Å². The molecule has 3 rings (SSSR count). The van der Waals surface area contributed by atoms with Gasteiger partial charge in [0, 0.05) is 18.4 Å². The van der Waals surface area contributed by atoms with Crippen LogP contribution in [-0.4, -0.2) is 9.55 Å². The summed E-state index contributed by atoms with van der Waals surface area (Å²) in [6, 6.07) is 22.4. The van der Waals surface area contributed by atoms with Crippen LogP contribution < -0.4 is 0 Å². The maximum absolute atomic E-state index is 4.37. The zero-order valence-corrected chi connectivity index (χ0v) is 17.9. The second kappa shape index (κ2) is 12.3. The van der Waals surface area contributed by atoms with E-state index in [9.17, 15) is 0 Å². The van der Waals surface area contributed by atoms with Crippen molar-refractivity contribution in [2.75, 3.05) is 0 Å². The van der Waals surface area contributed by atoms with Crippen molar-refractivity contribution in [1.29, 1.82) is 0 Å². The lowest BCUT2D eigenvalue weighted by Gasteiger charge is -2.29. The summed E-state index contributed by atoms with van der Waals surface area (Å²) in [4.78, 5) is 4.37. The van der Waals surface area contributed by atoms with Gasteiger partial charge in [0.2, 0.25) is 0 Å². The van der Waals surface area contributed by atoms with E-state index in [1.165, 1.54) is 56.1 Å². The third-order valence-corrected chi connectivity index (χ3v) is 5.99. The SMILES string of the molecule is CCCCCCCCC(C(Cc1ccccc1)Cc1ccccc1)n1ccnc1. The highest BCUT2D eigenvalue weighted by molar-refractivity contribution is 5.19. The van der Waals surface area contributed by atoms with E-state index in [1.54, 1.807) is 0 Å². The van der Waals surface area contributed by atoms with Crippen LogP contribution >= 0.6 is 0 Å². The van der Waals surface area contributed by atoms with Gasteiger partial charge in [-0.05, 0) is 36.3 Å². The van der Waals surface area contributed by atoms with Crippen molar-refractivity contribution in [2.24, 2.45) is 5.92 Å². The number of unbranched alkanes of at least 4 members (excludes halogenated alkanes) is 5. The molecule has 0 aliphatic carbocycles. The molecule has 1 aromatic heterocycles. The van der Waals surface area contributed by atoms with Gasteiger partial charge in [0.15, 0.2) is 0 Å². The molecule has 2 heteroatoms. The Bertz CT molecular complexity index is 723. The summed E-state index contributed by atoms with van der Waals surface area (Å²) in [5.41, 5.74) is 2.86. The molecule has 2 nitrogen and oxygen atoms in total. The largest absolute Gasteiger partial charge is 0.334 e. The minimum atomic E-state index is 0.490. The van der Waals surface area contributed by atoms with E-state index in [-0.39, 0.29) is 0 Å². The van der Waals surface area contributed by atoms with Crippen molar-refractivity contribution in [2.45, 2.75) is 70.8 Å². The van der Waals surface area contributed by atoms with Crippen LogP contribution in [0.1, 0.15) is 69.0 Å². The molecule has 3 aromatic rings. The number of imidazole rings is 1. The highest BCUT2D eigenvalue weighted by atomic mass is 15.1. The lowest BCUT2D eigenvalue weighted by molar-refractivity contribution is 0.295. The average molecular weight is 389 g/mol. The summed E-state index contributed by atoms with van der Waals surface area (Å²) in [5, 5.41) is 0. The fourth-order valence-corrected chi connectivity index (χ4v) is 4.41. The molecule has 154 valence electrons. The van der Waals surface area contributed by atoms with Crippen LogP contribution in [0.3, 0.4) is 0 Å². The maximum atomic E-state index is 4.37. The number of benzene rings is 2. The lowest BCUT2D eigenvalue weighted by atomic mass is 9.84. The number of hydrogen-bond acceptors (Lipinski definition) is 1. The Morgan fingerprint density at radius 2 is 1.34 bits per heavy atom. The highest BCUT2D eigenvalue weighted by Gasteiger charge is 2.23. The van der Waals surface area contributed by atoms with Crippen LogP contribution in [0.2, 0.25) is 0 Å². The van der Waals surface area contributed by atoms with Crippen molar-refractivity contribution >= 4 is 0 Å². The molecule has 0 amide bonds. The van der Waals surface area contributed by atoms with Gasteiger partial charge in [-0.25, -0.2) is 4.98 Å². The molecule has 1 heterocycles. The third kappa shape index (κ3) is 7.20. The van der Waals surface area contributed by atoms with E-state index < -0.39 is 0 Å². The Morgan fingerprint density at radius 1 is 0.759 bits per heavy atom. The summed E-state index contributed by atoms with van der Waals surface area (Å²) >= 11 is 0. The number of rotatable bonds is 13. The van der Waals surface area contributed by atoms with Crippen molar-refractivity contribution in [3.63, 3.8) is 0 Å². The molecule has 0 spiro atoms. The molecule has 0 saturated carbocycles. The number of nitrogens with zero attached hydrogens (tertiary/aromatic N) is 2. The predicted octanol–water partition coefficient (Wildman–Crippen LogP) is 7.28. The molecule has 0 saturated heterocycles. The minimum absolute atomic E-state index is 0.490. The Labute approximate surface area is 177 Å². The minimum Gasteiger partial charge on any atom is -0.334 e. The van der Waals surface area contributed by atoms with Crippen molar-refractivity contribution in [3.8, 4) is 0 Å². The zero-order chi connectivity index (χ0) is 20.2. The fraction of sp³-hybridized carbons (Fsp3) is 0.444. The van der Waals surface area contributed by atoms with Crippen molar-refractivity contribution in [1.82, 2.24) is 9.55 Å². The molecule has 1 atom stereocenters. The van der Waals surface area contributed by atoms with Gasteiger partial charge < -0.3 is 4.57 Å². The molecule has 0 aliphatic heterocycles. The zero-order valence-electron chi connectivity index (χ0n) is 17.9. The second-order valence-electron chi connectivity index (χ2n) is 8.27. The van der Waals surface area contributed by atoms with Gasteiger partial charge in [0.1, 0.15) is 0 Å². The van der Waals surface area contributed by atoms with Gasteiger partial charge in [-0.2, -0.15) is 0 Å². The summed E-state index contributed by atoms with van der Waals surface area (Å²) in [6.07, 6.45) is 17.6. The van der Waals surface area contributed by atoms with Gasteiger partial charge in [-0.3, -0.25) is 0 Å². The fourth-order valence-electron chi connectivity index (χ4n) is 4.41. The van der Waals surface area contributed by atoms with Crippen molar-refractivity contribution in [3.05, 3.63) is 90.5 Å². The van der Waals surface area contributed by atoms with E-state index in [0.29, 0.717) is 12.0 Å². The summed E-state index contributed by atoms with van der Waals surface area (Å²) < 4.78 is 2.36. The quantitative estimate of drug-likeness (QED) is 0.281. The molecule has 2 aromatic carbocycles. The first-order chi connectivity index (χ1) is 14.4. The monoisotopic (exact) mass is 388 g/mol. The molecule has 0 fully saturated rings. The topological polar surface area (TPSA) is 17.8 Å². The van der Waals surface area contributed by atoms with E-state index in [1.807, 2.05) is 12.5 Å². The Hall–Kier alpha value is -2.35. The van der Waals surface area contributed by atoms with E-state index in [4.69, 9.17) is 0 Å². The maximum Gasteiger partial charge on any atom is 0.0948 e. The van der Waals surface area contributed by atoms with Gasteiger partial charge in [-0.1, -0.05) is 106 Å². The van der Waals surface area contributed by atoms with Crippen LogP contribution in [-0.2, 0) is 12.8 Å². The summed E-state index contributed by atoms with van der Waals surface area (Å²) in [6.45, 7) is 2.28. The second-order valence-corrected chi connectivity index (χ2v) is 8.27. The molecular weight excluding hydrogens is 352 g/mol. The molecule has 1 unspecified atom stereocenters. The van der Waals surface area contributed by atoms with Crippen LogP contribution in [0.15, 0.2) is 79.4 Å². The average Bonchev–Trinajstić information content (AvgIpc) is 3.29. The normalized spacial score (nSPS) is 12.3. The first-order valence-electron chi connectivity index (χ1n) is 11.4. The summed E-state index contributed by atoms with van der Waals surface area (Å²) in [7, 11) is 0.